The van der Waals surface area contributed by atoms with E-state index in [0.717, 1.165) is 18.4 Å². The van der Waals surface area contributed by atoms with Gasteiger partial charge in [0.05, 0.1) is 19.8 Å². The number of rotatable bonds is 19. The summed E-state index contributed by atoms with van der Waals surface area (Å²) < 4.78 is 16.5. The summed E-state index contributed by atoms with van der Waals surface area (Å²) in [5.74, 6) is 1.39. The number of ether oxygens (including phenoxy) is 3. The number of nitrogens with two attached hydrogens (primary N) is 2. The van der Waals surface area contributed by atoms with Crippen molar-refractivity contribution in [2.24, 2.45) is 40.6 Å². The lowest BCUT2D eigenvalue weighted by atomic mass is 9.80. The largest absolute Gasteiger partial charge is 0.493 e. The minimum absolute atomic E-state index is 0.0141. The second-order valence-corrected chi connectivity index (χ2v) is 12.1. The number of methoxy groups -OCH3 is 2. The molecule has 1 rings (SSSR count). The third-order valence-corrected chi connectivity index (χ3v) is 7.64. The van der Waals surface area contributed by atoms with E-state index in [1.54, 1.807) is 28.1 Å². The number of nitrogens with one attached hydrogen (secondary N) is 1. The molecule has 1 aromatic rings. The predicted octanol–water partition coefficient (Wildman–Crippen LogP) is 3.09. The Bertz CT molecular complexity index is 846. The molecule has 5 atom stereocenters. The second-order valence-electron chi connectivity index (χ2n) is 12.1. The Morgan fingerprint density at radius 2 is 1.67 bits per heavy atom. The van der Waals surface area contributed by atoms with E-state index in [0.29, 0.717) is 37.1 Å². The Morgan fingerprint density at radius 1 is 1.00 bits per heavy atom. The van der Waals surface area contributed by atoms with Gasteiger partial charge in [-0.15, -0.1) is 0 Å². The van der Waals surface area contributed by atoms with E-state index in [-0.39, 0.29) is 30.7 Å². The number of amides is 1. The van der Waals surface area contributed by atoms with Crippen LogP contribution in [0.15, 0.2) is 18.2 Å². The molecule has 39 heavy (non-hydrogen) atoms. The lowest BCUT2D eigenvalue weighted by molar-refractivity contribution is -0.128. The maximum Gasteiger partial charge on any atom is 0.223 e. The van der Waals surface area contributed by atoms with Crippen molar-refractivity contribution in [1.29, 1.82) is 0 Å². The van der Waals surface area contributed by atoms with Crippen LogP contribution < -0.4 is 26.3 Å². The molecule has 0 saturated heterocycles. The van der Waals surface area contributed by atoms with Gasteiger partial charge < -0.3 is 41.2 Å². The summed E-state index contributed by atoms with van der Waals surface area (Å²) in [5.41, 5.74) is 12.6. The fraction of sp³-hybridized carbons (Fsp3) is 0.767. The average Bonchev–Trinajstić information content (AvgIpc) is 2.87. The fourth-order valence-electron chi connectivity index (χ4n) is 4.41. The van der Waals surface area contributed by atoms with Crippen LogP contribution in [0.1, 0.15) is 66.4 Å². The summed E-state index contributed by atoms with van der Waals surface area (Å²) in [6, 6.07) is 5.50. The Labute approximate surface area is 236 Å². The van der Waals surface area contributed by atoms with Gasteiger partial charge in [0.2, 0.25) is 5.91 Å². The highest BCUT2D eigenvalue weighted by Crippen LogP contribution is 2.32. The molecule has 0 aliphatic carbocycles. The molecule has 0 aliphatic heterocycles. The zero-order chi connectivity index (χ0) is 29.8. The van der Waals surface area contributed by atoms with E-state index < -0.39 is 29.7 Å². The van der Waals surface area contributed by atoms with Crippen LogP contribution in [-0.2, 0) is 16.0 Å². The maximum absolute atomic E-state index is 13.0. The molecular weight excluding hydrogens is 498 g/mol. The summed E-state index contributed by atoms with van der Waals surface area (Å²) in [5, 5.41) is 23.7. The SMILES string of the molecule is COCCCOc1cc(C[C@@H](C[C@H](N)[C@H](O)C[C@@H](C(=O)NCC(C)(C)C(N)O)C(C)C)C(C)C)ccc1OC. The van der Waals surface area contributed by atoms with E-state index >= 15 is 0 Å². The molecule has 0 bridgehead atoms. The van der Waals surface area contributed by atoms with Gasteiger partial charge in [0.1, 0.15) is 6.23 Å². The molecule has 0 aliphatic rings. The average molecular weight is 554 g/mol. The van der Waals surface area contributed by atoms with Crippen LogP contribution >= 0.6 is 0 Å². The molecule has 1 unspecified atom stereocenters. The van der Waals surface area contributed by atoms with Gasteiger partial charge in [0, 0.05) is 44.1 Å². The van der Waals surface area contributed by atoms with Gasteiger partial charge >= 0.3 is 0 Å². The van der Waals surface area contributed by atoms with Gasteiger partial charge in [-0.1, -0.05) is 47.6 Å². The summed E-state index contributed by atoms with van der Waals surface area (Å²) in [6.07, 6.45) is 0.574. The fourth-order valence-corrected chi connectivity index (χ4v) is 4.41. The van der Waals surface area contributed by atoms with Gasteiger partial charge in [-0.2, -0.15) is 0 Å². The zero-order valence-electron chi connectivity index (χ0n) is 25.4. The van der Waals surface area contributed by atoms with Gasteiger partial charge in [-0.3, -0.25) is 4.79 Å². The highest BCUT2D eigenvalue weighted by Gasteiger charge is 2.32. The lowest BCUT2D eigenvalue weighted by Crippen LogP contribution is -2.48. The van der Waals surface area contributed by atoms with E-state index in [1.165, 1.54) is 0 Å². The summed E-state index contributed by atoms with van der Waals surface area (Å²) >= 11 is 0. The van der Waals surface area contributed by atoms with Crippen LogP contribution in [0, 0.1) is 29.1 Å². The zero-order valence-corrected chi connectivity index (χ0v) is 25.4. The van der Waals surface area contributed by atoms with Crippen molar-refractivity contribution in [3.63, 3.8) is 0 Å². The van der Waals surface area contributed by atoms with Crippen molar-refractivity contribution in [2.75, 3.05) is 34.0 Å². The third-order valence-electron chi connectivity index (χ3n) is 7.64. The molecule has 7 N–H and O–H groups in total. The number of aliphatic hydroxyl groups is 2. The molecular formula is C30H55N3O6. The molecule has 0 aromatic heterocycles. The van der Waals surface area contributed by atoms with Gasteiger partial charge in [0.15, 0.2) is 11.5 Å². The quantitative estimate of drug-likeness (QED) is 0.130. The van der Waals surface area contributed by atoms with Crippen molar-refractivity contribution in [2.45, 2.75) is 85.6 Å². The van der Waals surface area contributed by atoms with Crippen LogP contribution in [-0.4, -0.2) is 68.5 Å². The summed E-state index contributed by atoms with van der Waals surface area (Å²) in [6.45, 7) is 13.2. The van der Waals surface area contributed by atoms with E-state index in [9.17, 15) is 15.0 Å². The molecule has 226 valence electrons. The number of hydrogen-bond donors (Lipinski definition) is 5. The number of carbonyl (C=O) groups is 1. The number of carbonyl (C=O) groups excluding carboxylic acids is 1. The topological polar surface area (TPSA) is 149 Å². The van der Waals surface area contributed by atoms with E-state index in [1.807, 2.05) is 32.0 Å². The smallest absolute Gasteiger partial charge is 0.223 e. The monoisotopic (exact) mass is 553 g/mol. The van der Waals surface area contributed by atoms with Crippen LogP contribution in [0.3, 0.4) is 0 Å². The first-order valence-corrected chi connectivity index (χ1v) is 14.2. The van der Waals surface area contributed by atoms with Gasteiger partial charge in [-0.05, 0) is 54.7 Å². The number of hydrogen-bond acceptors (Lipinski definition) is 8. The Morgan fingerprint density at radius 3 is 2.21 bits per heavy atom. The van der Waals surface area contributed by atoms with Crippen LogP contribution in [0.25, 0.3) is 0 Å². The standard InChI is InChI=1S/C30H55N3O6/c1-19(2)22(14-21-10-11-26(38-8)27(15-21)39-13-9-12-37-7)16-24(31)25(34)17-23(20(3)4)28(35)33-18-30(5,6)29(32)36/h10-11,15,19-20,22-25,29,34,36H,9,12-14,16-18,31-32H2,1-8H3,(H,33,35)/t22-,23+,24-,25+,29?/m0/s1. The molecule has 9 nitrogen and oxygen atoms in total. The van der Waals surface area contributed by atoms with Gasteiger partial charge in [0.25, 0.3) is 0 Å². The minimum atomic E-state index is -1.05. The molecule has 0 spiro atoms. The molecule has 9 heteroatoms. The first-order chi connectivity index (χ1) is 18.2. The molecule has 0 heterocycles. The number of aliphatic hydroxyl groups excluding tert-OH is 2. The molecule has 0 radical (unpaired) electrons. The summed E-state index contributed by atoms with van der Waals surface area (Å²) in [7, 11) is 3.30. The highest BCUT2D eigenvalue weighted by molar-refractivity contribution is 5.79. The first kappa shape index (κ1) is 35.1. The highest BCUT2D eigenvalue weighted by atomic mass is 16.5. The Balaban J connectivity index is 2.86. The van der Waals surface area contributed by atoms with Crippen LogP contribution in [0.2, 0.25) is 0 Å². The van der Waals surface area contributed by atoms with E-state index in [4.69, 9.17) is 25.7 Å². The molecule has 1 amide bonds. The lowest BCUT2D eigenvalue weighted by Gasteiger charge is -2.31. The normalized spacial score (nSPS) is 16.1. The predicted molar refractivity (Wildman–Crippen MR) is 156 cm³/mol. The van der Waals surface area contributed by atoms with E-state index in [2.05, 4.69) is 19.2 Å². The van der Waals surface area contributed by atoms with Crippen LogP contribution in [0.5, 0.6) is 11.5 Å². The maximum atomic E-state index is 13.0. The molecule has 0 fully saturated rings. The third kappa shape index (κ3) is 12.0. The van der Waals surface area contributed by atoms with Crippen molar-refractivity contribution in [3.05, 3.63) is 23.8 Å². The first-order valence-electron chi connectivity index (χ1n) is 14.2. The van der Waals surface area contributed by atoms with Crippen molar-refractivity contribution in [3.8, 4) is 11.5 Å². The summed E-state index contributed by atoms with van der Waals surface area (Å²) in [4.78, 5) is 13.0. The second kappa shape index (κ2) is 17.0. The van der Waals surface area contributed by atoms with Crippen molar-refractivity contribution in [1.82, 2.24) is 5.32 Å². The molecule has 1 aromatic carbocycles. The minimum Gasteiger partial charge on any atom is -0.493 e. The van der Waals surface area contributed by atoms with Gasteiger partial charge in [-0.25, -0.2) is 0 Å². The Hall–Kier alpha value is -1.91. The Kier molecular flexibility index (Phi) is 15.3. The van der Waals surface area contributed by atoms with Crippen molar-refractivity contribution < 1.29 is 29.2 Å². The molecule has 0 saturated carbocycles. The van der Waals surface area contributed by atoms with Crippen molar-refractivity contribution >= 4 is 5.91 Å². The number of benzene rings is 1. The van der Waals surface area contributed by atoms with Crippen LogP contribution in [0.4, 0.5) is 0 Å².